The predicted molar refractivity (Wildman–Crippen MR) is 55.6 cm³/mol. The van der Waals surface area contributed by atoms with Gasteiger partial charge in [-0.15, -0.1) is 0 Å². The largest absolute Gasteiger partial charge is 0.479 e. The summed E-state index contributed by atoms with van der Waals surface area (Å²) < 4.78 is 38.0. The molecule has 0 radical (unpaired) electrons. The van der Waals surface area contributed by atoms with Crippen molar-refractivity contribution in [2.45, 2.75) is 43.9 Å². The minimum absolute atomic E-state index is 0.376. The van der Waals surface area contributed by atoms with Crippen LogP contribution in [0.15, 0.2) is 0 Å². The van der Waals surface area contributed by atoms with Gasteiger partial charge >= 0.3 is 12.1 Å². The van der Waals surface area contributed by atoms with Gasteiger partial charge in [0.15, 0.2) is 0 Å². The van der Waals surface area contributed by atoms with Gasteiger partial charge in [-0.25, -0.2) is 4.79 Å². The lowest BCUT2D eigenvalue weighted by Gasteiger charge is -2.30. The smallest absolute Gasteiger partial charge is 0.422 e. The topological polar surface area (TPSA) is 92.4 Å². The number of carboxylic acids is 1. The second kappa shape index (κ2) is 4.75. The zero-order valence-corrected chi connectivity index (χ0v) is 9.75. The summed E-state index contributed by atoms with van der Waals surface area (Å²) >= 11 is 0. The first kappa shape index (κ1) is 14.7. The number of alkyl halides is 3. The van der Waals surface area contributed by atoms with E-state index in [0.717, 1.165) is 0 Å². The van der Waals surface area contributed by atoms with Crippen molar-refractivity contribution < 1.29 is 27.9 Å². The maximum atomic E-state index is 12.7. The highest BCUT2D eigenvalue weighted by Crippen LogP contribution is 2.32. The van der Waals surface area contributed by atoms with Gasteiger partial charge in [0.05, 0.1) is 5.92 Å². The van der Waals surface area contributed by atoms with E-state index in [1.165, 1.54) is 0 Å². The number of hydrogen-bond donors (Lipinski definition) is 3. The van der Waals surface area contributed by atoms with Crippen molar-refractivity contribution >= 4 is 11.9 Å². The van der Waals surface area contributed by atoms with Crippen molar-refractivity contribution in [3.05, 3.63) is 0 Å². The highest BCUT2D eigenvalue weighted by Gasteiger charge is 2.59. The molecule has 0 spiro atoms. The Balaban J connectivity index is 2.86. The van der Waals surface area contributed by atoms with Crippen LogP contribution in [0.3, 0.4) is 0 Å². The van der Waals surface area contributed by atoms with Crippen LogP contribution in [-0.4, -0.2) is 34.7 Å². The fourth-order valence-corrected chi connectivity index (χ4v) is 1.90. The molecule has 0 aromatic rings. The van der Waals surface area contributed by atoms with E-state index in [4.69, 9.17) is 10.8 Å². The molecule has 18 heavy (non-hydrogen) atoms. The van der Waals surface area contributed by atoms with Crippen molar-refractivity contribution in [2.75, 3.05) is 0 Å². The molecule has 4 N–H and O–H groups in total. The van der Waals surface area contributed by atoms with Gasteiger partial charge in [0.1, 0.15) is 0 Å². The van der Waals surface area contributed by atoms with Crippen LogP contribution in [0.25, 0.3) is 0 Å². The summed E-state index contributed by atoms with van der Waals surface area (Å²) in [6.07, 6.45) is -3.50. The summed E-state index contributed by atoms with van der Waals surface area (Å²) in [7, 11) is 0. The number of aliphatic carboxylic acids is 1. The average Bonchev–Trinajstić information content (AvgIpc) is 2.62. The Morgan fingerprint density at radius 3 is 2.22 bits per heavy atom. The highest BCUT2D eigenvalue weighted by atomic mass is 19.4. The Bertz CT molecular complexity index is 359. The van der Waals surface area contributed by atoms with Gasteiger partial charge in [-0.1, -0.05) is 6.42 Å². The molecule has 1 aliphatic rings. The van der Waals surface area contributed by atoms with Gasteiger partial charge in [0.25, 0.3) is 0 Å². The molecule has 0 bridgehead atoms. The van der Waals surface area contributed by atoms with Crippen LogP contribution >= 0.6 is 0 Å². The Morgan fingerprint density at radius 2 is 1.89 bits per heavy atom. The summed E-state index contributed by atoms with van der Waals surface area (Å²) in [5, 5.41) is 10.2. The van der Waals surface area contributed by atoms with Crippen LogP contribution in [0, 0.1) is 5.92 Å². The van der Waals surface area contributed by atoms with Crippen LogP contribution in [0.2, 0.25) is 0 Å². The molecule has 1 rings (SSSR count). The third-order valence-corrected chi connectivity index (χ3v) is 3.27. The first-order valence-corrected chi connectivity index (χ1v) is 5.47. The van der Waals surface area contributed by atoms with Gasteiger partial charge in [-0.2, -0.15) is 13.2 Å². The Labute approximate surface area is 102 Å². The monoisotopic (exact) mass is 268 g/mol. The first-order valence-electron chi connectivity index (χ1n) is 5.47. The molecular formula is C10H15F3N2O3. The molecule has 0 aromatic carbocycles. The lowest BCUT2D eigenvalue weighted by Crippen LogP contribution is -2.63. The average molecular weight is 268 g/mol. The van der Waals surface area contributed by atoms with Crippen molar-refractivity contribution in [1.29, 1.82) is 0 Å². The lowest BCUT2D eigenvalue weighted by atomic mass is 9.97. The molecule has 0 aliphatic heterocycles. The number of amides is 1. The van der Waals surface area contributed by atoms with Crippen LogP contribution in [0.4, 0.5) is 13.2 Å². The number of carbonyl (C=O) groups is 2. The number of carboxylic acid groups (broad SMARTS) is 1. The number of nitrogens with one attached hydrogen (secondary N) is 1. The zero-order chi connectivity index (χ0) is 14.1. The number of nitrogens with two attached hydrogens (primary N) is 1. The zero-order valence-electron chi connectivity index (χ0n) is 9.75. The summed E-state index contributed by atoms with van der Waals surface area (Å²) in [5.41, 5.74) is 2.31. The molecule has 1 fully saturated rings. The van der Waals surface area contributed by atoms with E-state index in [0.29, 0.717) is 26.2 Å². The maximum absolute atomic E-state index is 12.7. The number of hydrogen-bond acceptors (Lipinski definition) is 3. The Morgan fingerprint density at radius 1 is 1.33 bits per heavy atom. The van der Waals surface area contributed by atoms with E-state index in [1.54, 1.807) is 5.32 Å². The van der Waals surface area contributed by atoms with E-state index in [2.05, 4.69) is 0 Å². The normalized spacial score (nSPS) is 27.6. The van der Waals surface area contributed by atoms with Crippen molar-refractivity contribution in [1.82, 2.24) is 5.32 Å². The molecule has 1 aliphatic carbocycles. The van der Waals surface area contributed by atoms with E-state index < -0.39 is 35.6 Å². The first-order chi connectivity index (χ1) is 8.09. The minimum Gasteiger partial charge on any atom is -0.479 e. The van der Waals surface area contributed by atoms with Crippen LogP contribution in [0.5, 0.6) is 0 Å². The molecule has 3 atom stereocenters. The quantitative estimate of drug-likeness (QED) is 0.700. The van der Waals surface area contributed by atoms with E-state index in [-0.39, 0.29) is 0 Å². The fourth-order valence-electron chi connectivity index (χ4n) is 1.90. The van der Waals surface area contributed by atoms with Crippen molar-refractivity contribution in [2.24, 2.45) is 11.7 Å². The summed E-state index contributed by atoms with van der Waals surface area (Å²) in [6.45, 7) is 0.424. The standard InChI is InChI=1S/C10H15F3N2O3/c1-9(8(17)18,10(11,12)13)15-7(16)5-3-2-4-6(5)14/h5-6H,2-4,14H2,1H3,(H,15,16)(H,17,18). The number of carbonyl (C=O) groups excluding carboxylic acids is 1. The summed E-state index contributed by atoms with van der Waals surface area (Å²) in [5.74, 6) is -3.86. The van der Waals surface area contributed by atoms with Gasteiger partial charge in [0, 0.05) is 6.04 Å². The van der Waals surface area contributed by atoms with E-state index >= 15 is 0 Å². The molecule has 0 aromatic heterocycles. The molecular weight excluding hydrogens is 253 g/mol. The maximum Gasteiger partial charge on any atom is 0.422 e. The lowest BCUT2D eigenvalue weighted by molar-refractivity contribution is -0.207. The number of halogens is 3. The Hall–Kier alpha value is -1.31. The highest BCUT2D eigenvalue weighted by molar-refractivity contribution is 5.89. The second-order valence-corrected chi connectivity index (χ2v) is 4.62. The number of rotatable bonds is 3. The van der Waals surface area contributed by atoms with Gasteiger partial charge < -0.3 is 16.2 Å². The molecule has 1 saturated carbocycles. The van der Waals surface area contributed by atoms with Crippen LogP contribution in [-0.2, 0) is 9.59 Å². The molecule has 1 amide bonds. The van der Waals surface area contributed by atoms with Crippen LogP contribution < -0.4 is 11.1 Å². The van der Waals surface area contributed by atoms with Crippen molar-refractivity contribution in [3.8, 4) is 0 Å². The second-order valence-electron chi connectivity index (χ2n) is 4.62. The van der Waals surface area contributed by atoms with Crippen molar-refractivity contribution in [3.63, 3.8) is 0 Å². The molecule has 104 valence electrons. The molecule has 0 saturated heterocycles. The third kappa shape index (κ3) is 2.58. The van der Waals surface area contributed by atoms with Crippen LogP contribution in [0.1, 0.15) is 26.2 Å². The van der Waals surface area contributed by atoms with Gasteiger partial charge in [-0.3, -0.25) is 4.79 Å². The summed E-state index contributed by atoms with van der Waals surface area (Å²) in [4.78, 5) is 22.4. The molecule has 3 unspecified atom stereocenters. The predicted octanol–water partition coefficient (Wildman–Crippen LogP) is 0.636. The molecule has 5 nitrogen and oxygen atoms in total. The van der Waals surface area contributed by atoms with E-state index in [9.17, 15) is 22.8 Å². The summed E-state index contributed by atoms with van der Waals surface area (Å²) in [6, 6.07) is -0.517. The SMILES string of the molecule is CC(NC(=O)C1CCCC1N)(C(=O)O)C(F)(F)F. The Kier molecular flexibility index (Phi) is 3.89. The van der Waals surface area contributed by atoms with Gasteiger partial charge in [0.2, 0.25) is 11.4 Å². The third-order valence-electron chi connectivity index (χ3n) is 3.27. The molecule has 8 heteroatoms. The van der Waals surface area contributed by atoms with Gasteiger partial charge in [-0.05, 0) is 19.8 Å². The van der Waals surface area contributed by atoms with E-state index in [1.807, 2.05) is 0 Å². The molecule has 0 heterocycles. The fraction of sp³-hybridized carbons (Fsp3) is 0.800. The minimum atomic E-state index is -5.07.